The molecule has 0 aromatic carbocycles. The molecule has 12 heavy (non-hydrogen) atoms. The molecule has 0 atom stereocenters. The largest absolute Gasteiger partial charge is 0.324 e. The van der Waals surface area contributed by atoms with Crippen LogP contribution in [0.25, 0.3) is 0 Å². The highest BCUT2D eigenvalue weighted by Crippen LogP contribution is 1.98. The van der Waals surface area contributed by atoms with Crippen molar-refractivity contribution in [2.45, 2.75) is 26.3 Å². The Morgan fingerprint density at radius 1 is 1.33 bits per heavy atom. The van der Waals surface area contributed by atoms with Crippen molar-refractivity contribution in [1.29, 1.82) is 0 Å². The third kappa shape index (κ3) is 3.15. The van der Waals surface area contributed by atoms with Gasteiger partial charge in [0.15, 0.2) is 0 Å². The average Bonchev–Trinajstić information content (AvgIpc) is 2.07. The fourth-order valence-corrected chi connectivity index (χ4v) is 0.905. The van der Waals surface area contributed by atoms with Crippen LogP contribution in [-0.2, 0) is 13.0 Å². The number of aryl methyl sites for hydroxylation is 1. The van der Waals surface area contributed by atoms with E-state index in [-0.39, 0.29) is 12.4 Å². The summed E-state index contributed by atoms with van der Waals surface area (Å²) >= 11 is 0. The third-order valence-electron chi connectivity index (χ3n) is 1.48. The molecule has 0 saturated heterocycles. The standard InChI is InChI=1S/C8H13N3.ClH/c1-2-3-7-5-10-8(4-9)11-6-7;/h5-6H,2-4,9H2,1H3;1H. The zero-order valence-corrected chi connectivity index (χ0v) is 7.97. The summed E-state index contributed by atoms with van der Waals surface area (Å²) in [5, 5.41) is 0. The number of nitrogens with zero attached hydrogens (tertiary/aromatic N) is 2. The van der Waals surface area contributed by atoms with Crippen LogP contribution in [0, 0.1) is 0 Å². The van der Waals surface area contributed by atoms with Crippen LogP contribution in [0.2, 0.25) is 0 Å². The summed E-state index contributed by atoms with van der Waals surface area (Å²) in [5.41, 5.74) is 6.53. The summed E-state index contributed by atoms with van der Waals surface area (Å²) in [5.74, 6) is 0.713. The predicted molar refractivity (Wildman–Crippen MR) is 51.2 cm³/mol. The van der Waals surface area contributed by atoms with Gasteiger partial charge in [-0.3, -0.25) is 0 Å². The van der Waals surface area contributed by atoms with Gasteiger partial charge < -0.3 is 5.73 Å². The maximum Gasteiger partial charge on any atom is 0.141 e. The second-order valence-electron chi connectivity index (χ2n) is 2.46. The number of halogens is 1. The van der Waals surface area contributed by atoms with E-state index in [9.17, 15) is 0 Å². The average molecular weight is 188 g/mol. The molecule has 68 valence electrons. The van der Waals surface area contributed by atoms with Gasteiger partial charge in [0.1, 0.15) is 5.82 Å². The first-order valence-corrected chi connectivity index (χ1v) is 3.86. The van der Waals surface area contributed by atoms with Gasteiger partial charge in [-0.25, -0.2) is 9.97 Å². The summed E-state index contributed by atoms with van der Waals surface area (Å²) in [6.07, 6.45) is 5.87. The van der Waals surface area contributed by atoms with Gasteiger partial charge in [0.25, 0.3) is 0 Å². The number of hydrogen-bond donors (Lipinski definition) is 1. The maximum absolute atomic E-state index is 5.35. The van der Waals surface area contributed by atoms with Crippen molar-refractivity contribution in [2.24, 2.45) is 5.73 Å². The van der Waals surface area contributed by atoms with Crippen LogP contribution in [0.5, 0.6) is 0 Å². The summed E-state index contributed by atoms with van der Waals surface area (Å²) in [6.45, 7) is 2.56. The van der Waals surface area contributed by atoms with Gasteiger partial charge in [-0.15, -0.1) is 12.4 Å². The molecule has 0 spiro atoms. The summed E-state index contributed by atoms with van der Waals surface area (Å²) in [6, 6.07) is 0. The van der Waals surface area contributed by atoms with E-state index in [2.05, 4.69) is 16.9 Å². The molecular weight excluding hydrogens is 174 g/mol. The minimum atomic E-state index is 0. The van der Waals surface area contributed by atoms with Crippen LogP contribution in [0.3, 0.4) is 0 Å². The lowest BCUT2D eigenvalue weighted by molar-refractivity contribution is 0.857. The van der Waals surface area contributed by atoms with Gasteiger partial charge in [-0.05, 0) is 12.0 Å². The number of aromatic nitrogens is 2. The van der Waals surface area contributed by atoms with Crippen LogP contribution in [-0.4, -0.2) is 9.97 Å². The smallest absolute Gasteiger partial charge is 0.141 e. The Morgan fingerprint density at radius 2 is 1.92 bits per heavy atom. The van der Waals surface area contributed by atoms with E-state index in [1.807, 2.05) is 12.4 Å². The summed E-state index contributed by atoms with van der Waals surface area (Å²) < 4.78 is 0. The zero-order chi connectivity index (χ0) is 8.10. The van der Waals surface area contributed by atoms with E-state index < -0.39 is 0 Å². The predicted octanol–water partition coefficient (Wildman–Crippen LogP) is 1.31. The third-order valence-corrected chi connectivity index (χ3v) is 1.48. The van der Waals surface area contributed by atoms with Crippen molar-refractivity contribution in [3.05, 3.63) is 23.8 Å². The minimum absolute atomic E-state index is 0. The second-order valence-corrected chi connectivity index (χ2v) is 2.46. The van der Waals surface area contributed by atoms with Crippen molar-refractivity contribution < 1.29 is 0 Å². The lowest BCUT2D eigenvalue weighted by Crippen LogP contribution is -2.02. The van der Waals surface area contributed by atoms with Gasteiger partial charge >= 0.3 is 0 Å². The maximum atomic E-state index is 5.35. The second kappa shape index (κ2) is 5.91. The Morgan fingerprint density at radius 3 is 2.33 bits per heavy atom. The molecule has 1 aromatic rings. The molecule has 0 radical (unpaired) electrons. The molecule has 3 nitrogen and oxygen atoms in total. The van der Waals surface area contributed by atoms with E-state index in [0.717, 1.165) is 12.8 Å². The molecule has 0 aliphatic carbocycles. The van der Waals surface area contributed by atoms with E-state index in [1.165, 1.54) is 5.56 Å². The lowest BCUT2D eigenvalue weighted by atomic mass is 10.2. The first-order chi connectivity index (χ1) is 5.36. The first kappa shape index (κ1) is 11.3. The van der Waals surface area contributed by atoms with Crippen molar-refractivity contribution >= 4 is 12.4 Å². The molecule has 0 unspecified atom stereocenters. The van der Waals surface area contributed by atoms with E-state index in [0.29, 0.717) is 12.4 Å². The molecule has 1 rings (SSSR count). The highest BCUT2D eigenvalue weighted by Gasteiger charge is 1.93. The van der Waals surface area contributed by atoms with Crippen molar-refractivity contribution in [3.63, 3.8) is 0 Å². The van der Waals surface area contributed by atoms with Gasteiger partial charge in [-0.2, -0.15) is 0 Å². The Labute approximate surface area is 78.8 Å². The summed E-state index contributed by atoms with van der Waals surface area (Å²) in [4.78, 5) is 8.16. The molecule has 0 fully saturated rings. The Kier molecular flexibility index (Phi) is 5.58. The van der Waals surface area contributed by atoms with Crippen LogP contribution in [0.4, 0.5) is 0 Å². The molecule has 0 aliphatic rings. The Hall–Kier alpha value is -0.670. The number of rotatable bonds is 3. The van der Waals surface area contributed by atoms with Crippen LogP contribution in [0.1, 0.15) is 24.7 Å². The van der Waals surface area contributed by atoms with Crippen LogP contribution in [0.15, 0.2) is 12.4 Å². The van der Waals surface area contributed by atoms with Crippen molar-refractivity contribution in [3.8, 4) is 0 Å². The Bertz CT molecular complexity index is 210. The fourth-order valence-electron chi connectivity index (χ4n) is 0.905. The van der Waals surface area contributed by atoms with Gasteiger partial charge in [0, 0.05) is 12.4 Å². The monoisotopic (exact) mass is 187 g/mol. The van der Waals surface area contributed by atoms with Crippen molar-refractivity contribution in [1.82, 2.24) is 9.97 Å². The molecule has 1 heterocycles. The fraction of sp³-hybridized carbons (Fsp3) is 0.500. The number of nitrogens with two attached hydrogens (primary N) is 1. The van der Waals surface area contributed by atoms with Crippen molar-refractivity contribution in [2.75, 3.05) is 0 Å². The SMILES string of the molecule is CCCc1cnc(CN)nc1.Cl. The molecule has 0 saturated carbocycles. The van der Waals surface area contributed by atoms with Crippen LogP contribution < -0.4 is 5.73 Å². The van der Waals surface area contributed by atoms with E-state index in [4.69, 9.17) is 5.73 Å². The summed E-state index contributed by atoms with van der Waals surface area (Å²) in [7, 11) is 0. The molecule has 0 bridgehead atoms. The highest BCUT2D eigenvalue weighted by molar-refractivity contribution is 5.85. The minimum Gasteiger partial charge on any atom is -0.324 e. The Balaban J connectivity index is 0.00000121. The molecule has 1 aromatic heterocycles. The van der Waals surface area contributed by atoms with Gasteiger partial charge in [0.2, 0.25) is 0 Å². The van der Waals surface area contributed by atoms with E-state index in [1.54, 1.807) is 0 Å². The molecular formula is C8H14ClN3. The quantitative estimate of drug-likeness (QED) is 0.777. The normalized spacial score (nSPS) is 9.17. The molecule has 0 aliphatic heterocycles. The zero-order valence-electron chi connectivity index (χ0n) is 7.16. The van der Waals surface area contributed by atoms with Gasteiger partial charge in [0.05, 0.1) is 6.54 Å². The number of hydrogen-bond acceptors (Lipinski definition) is 3. The van der Waals surface area contributed by atoms with Crippen LogP contribution >= 0.6 is 12.4 Å². The van der Waals surface area contributed by atoms with E-state index >= 15 is 0 Å². The molecule has 4 heteroatoms. The molecule has 2 N–H and O–H groups in total. The first-order valence-electron chi connectivity index (χ1n) is 3.86. The molecule has 0 amide bonds. The topological polar surface area (TPSA) is 51.8 Å². The van der Waals surface area contributed by atoms with Gasteiger partial charge in [-0.1, -0.05) is 13.3 Å². The highest BCUT2D eigenvalue weighted by atomic mass is 35.5. The lowest BCUT2D eigenvalue weighted by Gasteiger charge is -1.97.